The van der Waals surface area contributed by atoms with E-state index in [1.54, 1.807) is 18.9 Å². The highest BCUT2D eigenvalue weighted by Crippen LogP contribution is 2.31. The summed E-state index contributed by atoms with van der Waals surface area (Å²) in [6.45, 7) is 4.59. The molecule has 0 aromatic heterocycles. The molecule has 1 N–H and O–H groups in total. The van der Waals surface area contributed by atoms with Gasteiger partial charge in [-0.25, -0.2) is 0 Å². The van der Waals surface area contributed by atoms with Crippen LogP contribution in [0.4, 0.5) is 0 Å². The molecule has 0 unspecified atom stereocenters. The summed E-state index contributed by atoms with van der Waals surface area (Å²) in [7, 11) is 1.64. The molecular formula is C18H25NO4. The van der Waals surface area contributed by atoms with Crippen molar-refractivity contribution in [3.63, 3.8) is 0 Å². The van der Waals surface area contributed by atoms with Crippen molar-refractivity contribution in [1.29, 1.82) is 0 Å². The lowest BCUT2D eigenvalue weighted by atomic mass is 9.90. The SMILES string of the molecule is COc1ccccc1C[C@H](C)CC(=O)N1CC[C@](C)(C(=O)O)C1. The Morgan fingerprint density at radius 2 is 2.09 bits per heavy atom. The number of carbonyl (C=O) groups excluding carboxylic acids is 1. The molecule has 1 aliphatic rings. The summed E-state index contributed by atoms with van der Waals surface area (Å²) in [6.07, 6.45) is 1.71. The van der Waals surface area contributed by atoms with Gasteiger partial charge in [0.25, 0.3) is 0 Å². The summed E-state index contributed by atoms with van der Waals surface area (Å²) >= 11 is 0. The predicted molar refractivity (Wildman–Crippen MR) is 87.4 cm³/mol. The van der Waals surface area contributed by atoms with E-state index in [2.05, 4.69) is 0 Å². The minimum atomic E-state index is -0.824. The van der Waals surface area contributed by atoms with Gasteiger partial charge < -0.3 is 14.7 Å². The number of carboxylic acid groups (broad SMARTS) is 1. The van der Waals surface area contributed by atoms with E-state index < -0.39 is 11.4 Å². The molecule has 0 bridgehead atoms. The Morgan fingerprint density at radius 3 is 2.70 bits per heavy atom. The van der Waals surface area contributed by atoms with Crippen molar-refractivity contribution in [1.82, 2.24) is 4.90 Å². The third-order valence-electron chi connectivity index (χ3n) is 4.63. The molecule has 1 aliphatic heterocycles. The van der Waals surface area contributed by atoms with E-state index in [4.69, 9.17) is 4.74 Å². The first-order chi connectivity index (χ1) is 10.9. The molecule has 1 saturated heterocycles. The highest BCUT2D eigenvalue weighted by Gasteiger charge is 2.42. The first kappa shape index (κ1) is 17.3. The van der Waals surface area contributed by atoms with Gasteiger partial charge in [-0.2, -0.15) is 0 Å². The highest BCUT2D eigenvalue weighted by atomic mass is 16.5. The van der Waals surface area contributed by atoms with E-state index in [1.165, 1.54) is 0 Å². The minimum absolute atomic E-state index is 0.0392. The molecular weight excluding hydrogens is 294 g/mol. The smallest absolute Gasteiger partial charge is 0.311 e. The number of rotatable bonds is 6. The second kappa shape index (κ2) is 7.02. The molecule has 1 fully saturated rings. The lowest BCUT2D eigenvalue weighted by Crippen LogP contribution is -2.35. The standard InChI is InChI=1S/C18H25NO4/c1-13(10-14-6-4-5-7-15(14)23-3)11-16(20)19-9-8-18(2,12-19)17(21)22/h4-7,13H,8-12H2,1-3H3,(H,21,22)/t13-,18-/m0/s1. The molecule has 2 atom stereocenters. The number of nitrogens with zero attached hydrogens (tertiary/aromatic N) is 1. The highest BCUT2D eigenvalue weighted by molar-refractivity contribution is 5.80. The first-order valence-electron chi connectivity index (χ1n) is 7.99. The molecule has 0 radical (unpaired) electrons. The van der Waals surface area contributed by atoms with E-state index in [9.17, 15) is 14.7 Å². The zero-order chi connectivity index (χ0) is 17.0. The number of ether oxygens (including phenoxy) is 1. The number of carboxylic acids is 1. The molecule has 1 heterocycles. The Balaban J connectivity index is 1.92. The van der Waals surface area contributed by atoms with Crippen LogP contribution in [0.2, 0.25) is 0 Å². The van der Waals surface area contributed by atoms with Crippen molar-refractivity contribution in [3.8, 4) is 5.75 Å². The Labute approximate surface area is 137 Å². The van der Waals surface area contributed by atoms with Gasteiger partial charge in [-0.15, -0.1) is 0 Å². The van der Waals surface area contributed by atoms with Crippen LogP contribution >= 0.6 is 0 Å². The third-order valence-corrected chi connectivity index (χ3v) is 4.63. The number of hydrogen-bond acceptors (Lipinski definition) is 3. The molecule has 126 valence electrons. The normalized spacial score (nSPS) is 22.0. The Hall–Kier alpha value is -2.04. The van der Waals surface area contributed by atoms with E-state index >= 15 is 0 Å². The van der Waals surface area contributed by atoms with Gasteiger partial charge in [-0.05, 0) is 37.3 Å². The summed E-state index contributed by atoms with van der Waals surface area (Å²) < 4.78 is 5.34. The lowest BCUT2D eigenvalue weighted by molar-refractivity contribution is -0.147. The Kier molecular flexibility index (Phi) is 5.29. The maximum atomic E-state index is 12.4. The van der Waals surface area contributed by atoms with Gasteiger partial charge in [0.2, 0.25) is 5.91 Å². The number of benzene rings is 1. The molecule has 1 aromatic rings. The van der Waals surface area contributed by atoms with Crippen LogP contribution < -0.4 is 4.74 Å². The second-order valence-electron chi connectivity index (χ2n) is 6.76. The van der Waals surface area contributed by atoms with Crippen LogP contribution in [0.1, 0.15) is 32.3 Å². The number of aliphatic carboxylic acids is 1. The van der Waals surface area contributed by atoms with E-state index in [0.717, 1.165) is 17.7 Å². The van der Waals surface area contributed by atoms with Crippen molar-refractivity contribution in [2.75, 3.05) is 20.2 Å². The van der Waals surface area contributed by atoms with Gasteiger partial charge >= 0.3 is 5.97 Å². The molecule has 5 heteroatoms. The fourth-order valence-corrected chi connectivity index (χ4v) is 3.09. The van der Waals surface area contributed by atoms with Crippen LogP contribution in [0.15, 0.2) is 24.3 Å². The van der Waals surface area contributed by atoms with Crippen molar-refractivity contribution in [3.05, 3.63) is 29.8 Å². The van der Waals surface area contributed by atoms with Gasteiger partial charge in [-0.3, -0.25) is 9.59 Å². The predicted octanol–water partition coefficient (Wildman–Crippen LogP) is 2.59. The molecule has 0 saturated carbocycles. The number of amides is 1. The topological polar surface area (TPSA) is 66.8 Å². The summed E-state index contributed by atoms with van der Waals surface area (Å²) in [5, 5.41) is 9.25. The van der Waals surface area contributed by atoms with Crippen LogP contribution in [-0.2, 0) is 16.0 Å². The van der Waals surface area contributed by atoms with Crippen LogP contribution in [0.3, 0.4) is 0 Å². The van der Waals surface area contributed by atoms with E-state index in [-0.39, 0.29) is 11.8 Å². The van der Waals surface area contributed by atoms with Gasteiger partial charge in [0.15, 0.2) is 0 Å². The Bertz CT molecular complexity index is 586. The molecule has 1 aromatic carbocycles. The lowest BCUT2D eigenvalue weighted by Gasteiger charge is -2.22. The number of carbonyl (C=O) groups is 2. The number of methoxy groups -OCH3 is 1. The number of hydrogen-bond donors (Lipinski definition) is 1. The van der Waals surface area contributed by atoms with Crippen LogP contribution in [0, 0.1) is 11.3 Å². The summed E-state index contributed by atoms with van der Waals surface area (Å²) in [4.78, 5) is 25.4. The molecule has 1 amide bonds. The second-order valence-corrected chi connectivity index (χ2v) is 6.76. The molecule has 2 rings (SSSR count). The number of likely N-dealkylation sites (tertiary alicyclic amines) is 1. The largest absolute Gasteiger partial charge is 0.496 e. The minimum Gasteiger partial charge on any atom is -0.496 e. The fraction of sp³-hybridized carbons (Fsp3) is 0.556. The van der Waals surface area contributed by atoms with Crippen molar-refractivity contribution in [2.24, 2.45) is 11.3 Å². The van der Waals surface area contributed by atoms with Gasteiger partial charge in [0.05, 0.1) is 12.5 Å². The van der Waals surface area contributed by atoms with E-state index in [0.29, 0.717) is 25.9 Å². The third kappa shape index (κ3) is 4.03. The van der Waals surface area contributed by atoms with Crippen LogP contribution in [0.5, 0.6) is 5.75 Å². The van der Waals surface area contributed by atoms with Crippen molar-refractivity contribution >= 4 is 11.9 Å². The Morgan fingerprint density at radius 1 is 1.39 bits per heavy atom. The van der Waals surface area contributed by atoms with Crippen LogP contribution in [-0.4, -0.2) is 42.1 Å². The molecule has 0 aliphatic carbocycles. The van der Waals surface area contributed by atoms with E-state index in [1.807, 2.05) is 31.2 Å². The zero-order valence-corrected chi connectivity index (χ0v) is 14.0. The van der Waals surface area contributed by atoms with Crippen molar-refractivity contribution in [2.45, 2.75) is 33.1 Å². The van der Waals surface area contributed by atoms with Gasteiger partial charge in [-0.1, -0.05) is 25.1 Å². The zero-order valence-electron chi connectivity index (χ0n) is 14.0. The first-order valence-corrected chi connectivity index (χ1v) is 7.99. The maximum Gasteiger partial charge on any atom is 0.311 e. The maximum absolute atomic E-state index is 12.4. The molecule has 23 heavy (non-hydrogen) atoms. The van der Waals surface area contributed by atoms with Crippen LogP contribution in [0.25, 0.3) is 0 Å². The quantitative estimate of drug-likeness (QED) is 0.875. The fourth-order valence-electron chi connectivity index (χ4n) is 3.09. The summed E-state index contributed by atoms with van der Waals surface area (Å²) in [6, 6.07) is 7.82. The number of para-hydroxylation sites is 1. The summed E-state index contributed by atoms with van der Waals surface area (Å²) in [5.74, 6) is 0.231. The summed E-state index contributed by atoms with van der Waals surface area (Å²) in [5.41, 5.74) is 0.286. The molecule has 5 nitrogen and oxygen atoms in total. The monoisotopic (exact) mass is 319 g/mol. The molecule has 0 spiro atoms. The van der Waals surface area contributed by atoms with Gasteiger partial charge in [0, 0.05) is 19.5 Å². The van der Waals surface area contributed by atoms with Gasteiger partial charge in [0.1, 0.15) is 5.75 Å². The average molecular weight is 319 g/mol. The average Bonchev–Trinajstić information content (AvgIpc) is 2.92. The van der Waals surface area contributed by atoms with Crippen molar-refractivity contribution < 1.29 is 19.4 Å².